The van der Waals surface area contributed by atoms with E-state index in [-0.39, 0.29) is 11.3 Å². The molecule has 1 N–H and O–H groups in total. The SMILES string of the molecule is CC(C)N(C)CCNc1ccc(C#N)c(F)c1F. The van der Waals surface area contributed by atoms with Crippen molar-refractivity contribution >= 4 is 5.69 Å². The Bertz CT molecular complexity index is 452. The molecule has 0 bridgehead atoms. The Morgan fingerprint density at radius 2 is 2.00 bits per heavy atom. The number of nitrogens with zero attached hydrogens (tertiary/aromatic N) is 2. The molecule has 1 rings (SSSR count). The molecule has 0 aromatic heterocycles. The molecule has 0 saturated heterocycles. The van der Waals surface area contributed by atoms with Gasteiger partial charge in [0.1, 0.15) is 6.07 Å². The third-order valence-corrected chi connectivity index (χ3v) is 2.86. The Kier molecular flexibility index (Phi) is 5.05. The number of likely N-dealkylation sites (N-methyl/N-ethyl adjacent to an activating group) is 1. The van der Waals surface area contributed by atoms with E-state index in [0.29, 0.717) is 12.6 Å². The Labute approximate surface area is 106 Å². The van der Waals surface area contributed by atoms with Crippen LogP contribution >= 0.6 is 0 Å². The van der Waals surface area contributed by atoms with Gasteiger partial charge < -0.3 is 10.2 Å². The maximum absolute atomic E-state index is 13.5. The van der Waals surface area contributed by atoms with Crippen molar-refractivity contribution in [3.8, 4) is 6.07 Å². The summed E-state index contributed by atoms with van der Waals surface area (Å²) in [5, 5.41) is 11.4. The van der Waals surface area contributed by atoms with Crippen LogP contribution in [0.4, 0.5) is 14.5 Å². The average molecular weight is 253 g/mol. The minimum absolute atomic E-state index is 0.0867. The van der Waals surface area contributed by atoms with E-state index in [1.807, 2.05) is 7.05 Å². The molecule has 0 aliphatic carbocycles. The van der Waals surface area contributed by atoms with E-state index in [0.717, 1.165) is 6.54 Å². The molecule has 0 unspecified atom stereocenters. The van der Waals surface area contributed by atoms with Gasteiger partial charge in [0.2, 0.25) is 0 Å². The molecule has 0 radical (unpaired) electrons. The zero-order valence-electron chi connectivity index (χ0n) is 10.8. The highest BCUT2D eigenvalue weighted by Crippen LogP contribution is 2.19. The molecule has 3 nitrogen and oxygen atoms in total. The van der Waals surface area contributed by atoms with Crippen molar-refractivity contribution in [2.24, 2.45) is 0 Å². The van der Waals surface area contributed by atoms with Gasteiger partial charge >= 0.3 is 0 Å². The predicted molar refractivity (Wildman–Crippen MR) is 67.3 cm³/mol. The molecule has 1 aromatic rings. The number of rotatable bonds is 5. The second-order valence-corrected chi connectivity index (χ2v) is 4.40. The van der Waals surface area contributed by atoms with Crippen LogP contribution in [0.15, 0.2) is 12.1 Å². The molecule has 5 heteroatoms. The number of anilines is 1. The number of benzene rings is 1. The lowest BCUT2D eigenvalue weighted by atomic mass is 10.2. The third-order valence-electron chi connectivity index (χ3n) is 2.86. The van der Waals surface area contributed by atoms with Gasteiger partial charge in [0, 0.05) is 19.1 Å². The van der Waals surface area contributed by atoms with Crippen LogP contribution in [0.25, 0.3) is 0 Å². The lowest BCUT2D eigenvalue weighted by Gasteiger charge is -2.21. The minimum atomic E-state index is -1.10. The number of hydrogen-bond acceptors (Lipinski definition) is 3. The normalized spacial score (nSPS) is 10.8. The van der Waals surface area contributed by atoms with Crippen LogP contribution in [0.3, 0.4) is 0 Å². The summed E-state index contributed by atoms with van der Waals surface area (Å²) >= 11 is 0. The summed E-state index contributed by atoms with van der Waals surface area (Å²) in [7, 11) is 1.96. The molecule has 98 valence electrons. The fourth-order valence-corrected chi connectivity index (χ4v) is 1.40. The monoisotopic (exact) mass is 253 g/mol. The van der Waals surface area contributed by atoms with Crippen molar-refractivity contribution in [1.82, 2.24) is 4.90 Å². The van der Waals surface area contributed by atoms with Crippen LogP contribution in [0.1, 0.15) is 19.4 Å². The first kappa shape index (κ1) is 14.4. The van der Waals surface area contributed by atoms with E-state index in [9.17, 15) is 8.78 Å². The third kappa shape index (κ3) is 3.41. The topological polar surface area (TPSA) is 39.1 Å². The molecule has 1 aromatic carbocycles. The second kappa shape index (κ2) is 6.31. The maximum Gasteiger partial charge on any atom is 0.183 e. The van der Waals surface area contributed by atoms with Gasteiger partial charge in [0.25, 0.3) is 0 Å². The van der Waals surface area contributed by atoms with Crippen molar-refractivity contribution in [2.75, 3.05) is 25.5 Å². The lowest BCUT2D eigenvalue weighted by molar-refractivity contribution is 0.284. The minimum Gasteiger partial charge on any atom is -0.381 e. The van der Waals surface area contributed by atoms with Gasteiger partial charge in [-0.1, -0.05) is 0 Å². The quantitative estimate of drug-likeness (QED) is 0.876. The Morgan fingerprint density at radius 1 is 1.33 bits per heavy atom. The molecule has 18 heavy (non-hydrogen) atoms. The van der Waals surface area contributed by atoms with Crippen molar-refractivity contribution in [3.63, 3.8) is 0 Å². The van der Waals surface area contributed by atoms with E-state index in [4.69, 9.17) is 5.26 Å². The van der Waals surface area contributed by atoms with Gasteiger partial charge in [-0.2, -0.15) is 5.26 Å². The number of hydrogen-bond donors (Lipinski definition) is 1. The van der Waals surface area contributed by atoms with E-state index in [1.165, 1.54) is 12.1 Å². The summed E-state index contributed by atoms with van der Waals surface area (Å²) in [6.07, 6.45) is 0. The molecule has 0 aliphatic rings. The lowest BCUT2D eigenvalue weighted by Crippen LogP contribution is -2.31. The van der Waals surface area contributed by atoms with Gasteiger partial charge in [-0.25, -0.2) is 8.78 Å². The second-order valence-electron chi connectivity index (χ2n) is 4.40. The van der Waals surface area contributed by atoms with Crippen LogP contribution in [-0.2, 0) is 0 Å². The van der Waals surface area contributed by atoms with Crippen LogP contribution in [-0.4, -0.2) is 31.1 Å². The molecule has 0 saturated carbocycles. The summed E-state index contributed by atoms with van der Waals surface area (Å²) < 4.78 is 26.9. The summed E-state index contributed by atoms with van der Waals surface area (Å²) in [5.74, 6) is -2.10. The van der Waals surface area contributed by atoms with Crippen molar-refractivity contribution in [2.45, 2.75) is 19.9 Å². The first-order valence-electron chi connectivity index (χ1n) is 5.79. The molecule has 0 aliphatic heterocycles. The van der Waals surface area contributed by atoms with E-state index >= 15 is 0 Å². The molecular weight excluding hydrogens is 236 g/mol. The van der Waals surface area contributed by atoms with E-state index in [1.54, 1.807) is 6.07 Å². The fraction of sp³-hybridized carbons (Fsp3) is 0.462. The van der Waals surface area contributed by atoms with Gasteiger partial charge in [0.15, 0.2) is 11.6 Å². The van der Waals surface area contributed by atoms with Crippen LogP contribution < -0.4 is 5.32 Å². The Hall–Kier alpha value is -1.67. The average Bonchev–Trinajstić information content (AvgIpc) is 2.34. The van der Waals surface area contributed by atoms with Gasteiger partial charge in [-0.15, -0.1) is 0 Å². The van der Waals surface area contributed by atoms with Crippen LogP contribution in [0.5, 0.6) is 0 Å². The molecule has 0 spiro atoms. The highest BCUT2D eigenvalue weighted by Gasteiger charge is 2.13. The van der Waals surface area contributed by atoms with Gasteiger partial charge in [-0.05, 0) is 33.0 Å². The molecule has 0 atom stereocenters. The largest absolute Gasteiger partial charge is 0.381 e. The fourth-order valence-electron chi connectivity index (χ4n) is 1.40. The highest BCUT2D eigenvalue weighted by molar-refractivity contribution is 5.49. The summed E-state index contributed by atoms with van der Waals surface area (Å²) in [5.41, 5.74) is -0.194. The number of nitrogens with one attached hydrogen (secondary N) is 1. The molecule has 0 heterocycles. The highest BCUT2D eigenvalue weighted by atomic mass is 19.2. The smallest absolute Gasteiger partial charge is 0.183 e. The predicted octanol–water partition coefficient (Wildman–Crippen LogP) is 2.59. The van der Waals surface area contributed by atoms with E-state index in [2.05, 4.69) is 24.1 Å². The number of halogens is 2. The van der Waals surface area contributed by atoms with Gasteiger partial charge in [-0.3, -0.25) is 0 Å². The maximum atomic E-state index is 13.5. The van der Waals surface area contributed by atoms with Crippen LogP contribution in [0.2, 0.25) is 0 Å². The first-order valence-corrected chi connectivity index (χ1v) is 5.79. The summed E-state index contributed by atoms with van der Waals surface area (Å²) in [6, 6.07) is 4.65. The zero-order chi connectivity index (χ0) is 13.7. The zero-order valence-corrected chi connectivity index (χ0v) is 10.8. The van der Waals surface area contributed by atoms with E-state index < -0.39 is 11.6 Å². The van der Waals surface area contributed by atoms with Crippen LogP contribution in [0, 0.1) is 23.0 Å². The van der Waals surface area contributed by atoms with Crippen molar-refractivity contribution in [1.29, 1.82) is 5.26 Å². The summed E-state index contributed by atoms with van der Waals surface area (Å²) in [4.78, 5) is 2.09. The molecule has 0 fully saturated rings. The summed E-state index contributed by atoms with van der Waals surface area (Å²) in [6.45, 7) is 5.35. The number of nitriles is 1. The first-order chi connectivity index (χ1) is 8.47. The Morgan fingerprint density at radius 3 is 2.56 bits per heavy atom. The Balaban J connectivity index is 2.64. The molecular formula is C13H17F2N3. The van der Waals surface area contributed by atoms with Crippen molar-refractivity contribution in [3.05, 3.63) is 29.3 Å². The standard InChI is InChI=1S/C13H17F2N3/c1-9(2)18(3)7-6-17-11-5-4-10(8-16)12(14)13(11)15/h4-5,9,17H,6-7H2,1-3H3. The van der Waals surface area contributed by atoms with Gasteiger partial charge in [0.05, 0.1) is 11.3 Å². The molecule has 0 amide bonds. The van der Waals surface area contributed by atoms with Crippen molar-refractivity contribution < 1.29 is 8.78 Å².